The molecule has 0 aliphatic heterocycles. The monoisotopic (exact) mass is 237 g/mol. The molecule has 0 aliphatic rings. The number of unbranched alkanes of at least 4 members (excludes halogenated alkanes) is 2. The molecule has 0 bridgehead atoms. The molecule has 0 spiro atoms. The second-order valence-corrected chi connectivity index (χ2v) is 4.66. The number of nitrogens with one attached hydrogen (secondary N) is 1. The summed E-state index contributed by atoms with van der Waals surface area (Å²) in [6.07, 6.45) is 10.5. The van der Waals surface area contributed by atoms with Gasteiger partial charge in [0.05, 0.1) is 6.20 Å². The fourth-order valence-corrected chi connectivity index (χ4v) is 2.17. The molecule has 1 atom stereocenters. The summed E-state index contributed by atoms with van der Waals surface area (Å²) in [5.74, 6) is 0. The van der Waals surface area contributed by atoms with Gasteiger partial charge in [-0.15, -0.1) is 0 Å². The van der Waals surface area contributed by atoms with Gasteiger partial charge in [0, 0.05) is 18.8 Å². The highest BCUT2D eigenvalue weighted by atomic mass is 15.3. The fraction of sp³-hybridized carbons (Fsp3) is 0.786. The van der Waals surface area contributed by atoms with Crippen molar-refractivity contribution >= 4 is 0 Å². The number of aromatic nitrogens is 2. The highest BCUT2D eigenvalue weighted by molar-refractivity contribution is 5.06. The van der Waals surface area contributed by atoms with Crippen LogP contribution in [0.15, 0.2) is 12.4 Å². The highest BCUT2D eigenvalue weighted by Gasteiger charge is 2.09. The van der Waals surface area contributed by atoms with E-state index < -0.39 is 0 Å². The third-order valence-electron chi connectivity index (χ3n) is 3.14. The Labute approximate surface area is 106 Å². The maximum atomic E-state index is 4.33. The molecular formula is C14H27N3. The maximum absolute atomic E-state index is 4.33. The van der Waals surface area contributed by atoms with Gasteiger partial charge in [-0.1, -0.05) is 33.1 Å². The van der Waals surface area contributed by atoms with Crippen LogP contribution in [-0.2, 0) is 13.0 Å². The van der Waals surface area contributed by atoms with E-state index in [0.29, 0.717) is 6.04 Å². The second kappa shape index (κ2) is 8.29. The SMILES string of the molecule is CCCCCC(Cc1cnn(CC)c1)NCC. The van der Waals surface area contributed by atoms with Gasteiger partial charge >= 0.3 is 0 Å². The summed E-state index contributed by atoms with van der Waals surface area (Å²) >= 11 is 0. The molecule has 0 amide bonds. The van der Waals surface area contributed by atoms with Gasteiger partial charge < -0.3 is 5.32 Å². The van der Waals surface area contributed by atoms with Crippen molar-refractivity contribution < 1.29 is 0 Å². The van der Waals surface area contributed by atoms with E-state index in [4.69, 9.17) is 0 Å². The van der Waals surface area contributed by atoms with Crippen molar-refractivity contribution in [2.75, 3.05) is 6.54 Å². The first-order valence-corrected chi connectivity index (χ1v) is 7.04. The summed E-state index contributed by atoms with van der Waals surface area (Å²) in [5.41, 5.74) is 1.36. The summed E-state index contributed by atoms with van der Waals surface area (Å²) < 4.78 is 2.00. The van der Waals surface area contributed by atoms with Crippen LogP contribution in [0.2, 0.25) is 0 Å². The number of likely N-dealkylation sites (N-methyl/N-ethyl adjacent to an activating group) is 1. The van der Waals surface area contributed by atoms with Crippen molar-refractivity contribution in [3.8, 4) is 0 Å². The smallest absolute Gasteiger partial charge is 0.0522 e. The summed E-state index contributed by atoms with van der Waals surface area (Å²) in [6, 6.07) is 0.612. The average molecular weight is 237 g/mol. The zero-order valence-electron chi connectivity index (χ0n) is 11.6. The van der Waals surface area contributed by atoms with Crippen LogP contribution in [0.25, 0.3) is 0 Å². The Morgan fingerprint density at radius 1 is 1.29 bits per heavy atom. The lowest BCUT2D eigenvalue weighted by molar-refractivity contribution is 0.467. The molecular weight excluding hydrogens is 210 g/mol. The van der Waals surface area contributed by atoms with Crippen molar-refractivity contribution in [1.29, 1.82) is 0 Å². The number of rotatable bonds is 9. The van der Waals surface area contributed by atoms with Gasteiger partial charge in [-0.3, -0.25) is 4.68 Å². The van der Waals surface area contributed by atoms with E-state index >= 15 is 0 Å². The molecule has 0 fully saturated rings. The zero-order chi connectivity index (χ0) is 12.5. The normalized spacial score (nSPS) is 12.9. The lowest BCUT2D eigenvalue weighted by Gasteiger charge is -2.16. The van der Waals surface area contributed by atoms with Gasteiger partial charge in [0.1, 0.15) is 0 Å². The van der Waals surface area contributed by atoms with Gasteiger partial charge in [-0.25, -0.2) is 0 Å². The largest absolute Gasteiger partial charge is 0.314 e. The lowest BCUT2D eigenvalue weighted by atomic mass is 10.0. The van der Waals surface area contributed by atoms with E-state index in [1.54, 1.807) is 0 Å². The fourth-order valence-electron chi connectivity index (χ4n) is 2.17. The van der Waals surface area contributed by atoms with Crippen molar-refractivity contribution in [2.45, 2.75) is 65.5 Å². The number of nitrogens with zero attached hydrogens (tertiary/aromatic N) is 2. The van der Waals surface area contributed by atoms with Gasteiger partial charge in [0.25, 0.3) is 0 Å². The average Bonchev–Trinajstić information content (AvgIpc) is 2.77. The quantitative estimate of drug-likeness (QED) is 0.669. The van der Waals surface area contributed by atoms with E-state index in [1.165, 1.54) is 31.2 Å². The molecule has 0 saturated heterocycles. The van der Waals surface area contributed by atoms with E-state index in [0.717, 1.165) is 19.5 Å². The van der Waals surface area contributed by atoms with Gasteiger partial charge in [0.2, 0.25) is 0 Å². The summed E-state index contributed by atoms with van der Waals surface area (Å²) in [4.78, 5) is 0. The molecule has 0 aromatic carbocycles. The van der Waals surface area contributed by atoms with E-state index in [9.17, 15) is 0 Å². The molecule has 17 heavy (non-hydrogen) atoms. The number of hydrogen-bond donors (Lipinski definition) is 1. The van der Waals surface area contributed by atoms with Crippen molar-refractivity contribution in [3.63, 3.8) is 0 Å². The topological polar surface area (TPSA) is 29.9 Å². The molecule has 3 heteroatoms. The highest BCUT2D eigenvalue weighted by Crippen LogP contribution is 2.09. The molecule has 0 aliphatic carbocycles. The molecule has 98 valence electrons. The Balaban J connectivity index is 2.41. The molecule has 3 nitrogen and oxygen atoms in total. The van der Waals surface area contributed by atoms with Crippen LogP contribution in [0.3, 0.4) is 0 Å². The minimum Gasteiger partial charge on any atom is -0.314 e. The molecule has 1 aromatic heterocycles. The molecule has 1 N–H and O–H groups in total. The van der Waals surface area contributed by atoms with Crippen LogP contribution in [-0.4, -0.2) is 22.4 Å². The molecule has 0 radical (unpaired) electrons. The Bertz CT molecular complexity index is 293. The predicted molar refractivity (Wildman–Crippen MR) is 73.2 cm³/mol. The Morgan fingerprint density at radius 2 is 2.12 bits per heavy atom. The third-order valence-corrected chi connectivity index (χ3v) is 3.14. The van der Waals surface area contributed by atoms with Crippen LogP contribution in [0.5, 0.6) is 0 Å². The van der Waals surface area contributed by atoms with E-state index in [-0.39, 0.29) is 0 Å². The second-order valence-electron chi connectivity index (χ2n) is 4.66. The van der Waals surface area contributed by atoms with Gasteiger partial charge in [-0.2, -0.15) is 5.10 Å². The number of hydrogen-bond acceptors (Lipinski definition) is 2. The van der Waals surface area contributed by atoms with Crippen molar-refractivity contribution in [3.05, 3.63) is 18.0 Å². The van der Waals surface area contributed by atoms with Crippen LogP contribution >= 0.6 is 0 Å². The minimum atomic E-state index is 0.612. The van der Waals surface area contributed by atoms with Crippen LogP contribution in [0.4, 0.5) is 0 Å². The Morgan fingerprint density at radius 3 is 2.71 bits per heavy atom. The minimum absolute atomic E-state index is 0.612. The van der Waals surface area contributed by atoms with Crippen LogP contribution in [0, 0.1) is 0 Å². The molecule has 1 aromatic rings. The van der Waals surface area contributed by atoms with Crippen molar-refractivity contribution in [1.82, 2.24) is 15.1 Å². The van der Waals surface area contributed by atoms with Gasteiger partial charge in [-0.05, 0) is 31.9 Å². The van der Waals surface area contributed by atoms with E-state index in [1.807, 2.05) is 10.9 Å². The van der Waals surface area contributed by atoms with Crippen molar-refractivity contribution in [2.24, 2.45) is 0 Å². The molecule has 0 saturated carbocycles. The summed E-state index contributed by atoms with van der Waals surface area (Å²) in [7, 11) is 0. The first-order chi connectivity index (χ1) is 8.30. The number of aryl methyl sites for hydroxylation is 1. The first kappa shape index (κ1) is 14.2. The molecule has 1 unspecified atom stereocenters. The lowest BCUT2D eigenvalue weighted by Crippen LogP contribution is -2.30. The maximum Gasteiger partial charge on any atom is 0.0522 e. The predicted octanol–water partition coefficient (Wildman–Crippen LogP) is 3.00. The first-order valence-electron chi connectivity index (χ1n) is 7.04. The van der Waals surface area contributed by atoms with E-state index in [2.05, 4.69) is 37.4 Å². The summed E-state index contributed by atoms with van der Waals surface area (Å²) in [5, 5.41) is 7.91. The van der Waals surface area contributed by atoms with Gasteiger partial charge in [0.15, 0.2) is 0 Å². The molecule has 1 heterocycles. The van der Waals surface area contributed by atoms with Crippen LogP contribution in [0.1, 0.15) is 52.0 Å². The third kappa shape index (κ3) is 5.35. The molecule has 1 rings (SSSR count). The Kier molecular flexibility index (Phi) is 6.94. The van der Waals surface area contributed by atoms with Crippen LogP contribution < -0.4 is 5.32 Å². The zero-order valence-corrected chi connectivity index (χ0v) is 11.6. The summed E-state index contributed by atoms with van der Waals surface area (Å²) in [6.45, 7) is 8.58. The standard InChI is InChI=1S/C14H27N3/c1-4-7-8-9-14(15-5-2)10-13-11-16-17(6-3)12-13/h11-12,14-15H,4-10H2,1-3H3. The Hall–Kier alpha value is -0.830.